The van der Waals surface area contributed by atoms with Crippen molar-refractivity contribution >= 4 is 17.3 Å². The Labute approximate surface area is 79.4 Å². The molecule has 0 aliphatic rings. The fourth-order valence-electron chi connectivity index (χ4n) is 0.923. The molecular weight excluding hydrogens is 192 g/mol. The van der Waals surface area contributed by atoms with Gasteiger partial charge in [-0.2, -0.15) is 0 Å². The Hall–Kier alpha value is -1.07. The van der Waals surface area contributed by atoms with Crippen LogP contribution in [0.25, 0.3) is 0 Å². The van der Waals surface area contributed by atoms with Gasteiger partial charge in [0.15, 0.2) is 4.88 Å². The fraction of sp³-hybridized carbons (Fsp3) is 0.375. The van der Waals surface area contributed by atoms with Gasteiger partial charge in [0, 0.05) is 12.2 Å². The zero-order valence-corrected chi connectivity index (χ0v) is 7.93. The predicted molar refractivity (Wildman–Crippen MR) is 48.1 cm³/mol. The lowest BCUT2D eigenvalue weighted by atomic mass is 10.2. The fourth-order valence-corrected chi connectivity index (χ4v) is 1.83. The van der Waals surface area contributed by atoms with Gasteiger partial charge in [-0.05, 0) is 11.8 Å². The van der Waals surface area contributed by atoms with E-state index >= 15 is 0 Å². The van der Waals surface area contributed by atoms with Gasteiger partial charge in [0.25, 0.3) is 0 Å². The second-order valence-corrected chi connectivity index (χ2v) is 3.28. The molecule has 4 nitrogen and oxygen atoms in total. The van der Waals surface area contributed by atoms with Crippen molar-refractivity contribution in [1.82, 2.24) is 0 Å². The number of rotatable bonds is 3. The van der Waals surface area contributed by atoms with Crippen molar-refractivity contribution in [3.63, 3.8) is 0 Å². The molecule has 0 aliphatic heterocycles. The Balaban J connectivity index is 2.92. The van der Waals surface area contributed by atoms with Gasteiger partial charge in [-0.15, -0.1) is 11.3 Å². The summed E-state index contributed by atoms with van der Waals surface area (Å²) < 4.78 is 4.46. The van der Waals surface area contributed by atoms with Crippen LogP contribution in [0.2, 0.25) is 0 Å². The number of aliphatic hydroxyl groups is 1. The molecule has 0 atom stereocenters. The Kier molecular flexibility index (Phi) is 3.27. The highest BCUT2D eigenvalue weighted by Gasteiger charge is 2.17. The van der Waals surface area contributed by atoms with E-state index in [9.17, 15) is 9.90 Å². The van der Waals surface area contributed by atoms with E-state index in [4.69, 9.17) is 5.11 Å². The molecule has 1 heterocycles. The number of carbonyl (C=O) groups excluding carboxylic acids is 1. The lowest BCUT2D eigenvalue weighted by Gasteiger charge is -1.97. The highest BCUT2D eigenvalue weighted by atomic mass is 32.1. The number of thiophene rings is 1. The zero-order chi connectivity index (χ0) is 9.84. The Bertz CT molecular complexity index is 305. The third-order valence-corrected chi connectivity index (χ3v) is 2.59. The van der Waals surface area contributed by atoms with Crippen molar-refractivity contribution in [3.05, 3.63) is 15.8 Å². The average Bonchev–Trinajstić information content (AvgIpc) is 2.48. The molecular formula is C8H10O4S. The minimum Gasteiger partial charge on any atom is -0.506 e. The summed E-state index contributed by atoms with van der Waals surface area (Å²) in [6.45, 7) is -0.0507. The Morgan fingerprint density at radius 3 is 2.92 bits per heavy atom. The summed E-state index contributed by atoms with van der Waals surface area (Å²) in [4.78, 5) is 11.2. The minimum atomic E-state index is -0.549. The maximum atomic E-state index is 11.0. The Morgan fingerprint density at radius 2 is 2.38 bits per heavy atom. The van der Waals surface area contributed by atoms with E-state index in [-0.39, 0.29) is 17.2 Å². The molecule has 5 heteroatoms. The summed E-state index contributed by atoms with van der Waals surface area (Å²) in [6.07, 6.45) is 0.347. The van der Waals surface area contributed by atoms with Crippen LogP contribution in [-0.4, -0.2) is 29.9 Å². The lowest BCUT2D eigenvalue weighted by Crippen LogP contribution is -1.98. The summed E-state index contributed by atoms with van der Waals surface area (Å²) in [5, 5.41) is 19.7. The molecule has 0 saturated carbocycles. The van der Waals surface area contributed by atoms with Crippen LogP contribution in [0.3, 0.4) is 0 Å². The first kappa shape index (κ1) is 10.0. The molecule has 1 rings (SSSR count). The van der Waals surface area contributed by atoms with Crippen LogP contribution >= 0.6 is 11.3 Å². The summed E-state index contributed by atoms with van der Waals surface area (Å²) >= 11 is 1.11. The number of ether oxygens (including phenoxy) is 1. The largest absolute Gasteiger partial charge is 0.506 e. The van der Waals surface area contributed by atoms with E-state index in [1.54, 1.807) is 5.38 Å². The van der Waals surface area contributed by atoms with Gasteiger partial charge in [-0.25, -0.2) is 4.79 Å². The van der Waals surface area contributed by atoms with Crippen LogP contribution < -0.4 is 0 Å². The lowest BCUT2D eigenvalue weighted by molar-refractivity contribution is 0.0603. The van der Waals surface area contributed by atoms with Crippen LogP contribution in [-0.2, 0) is 11.2 Å². The van der Waals surface area contributed by atoms with Gasteiger partial charge in [0.2, 0.25) is 0 Å². The van der Waals surface area contributed by atoms with Gasteiger partial charge in [0.05, 0.1) is 7.11 Å². The van der Waals surface area contributed by atoms with Crippen molar-refractivity contribution < 1.29 is 19.7 Å². The first-order valence-corrected chi connectivity index (χ1v) is 4.57. The van der Waals surface area contributed by atoms with Crippen molar-refractivity contribution in [2.45, 2.75) is 6.42 Å². The second-order valence-electron chi connectivity index (χ2n) is 2.40. The number of hydrogen-bond donors (Lipinski definition) is 2. The van der Waals surface area contributed by atoms with Crippen LogP contribution in [0.4, 0.5) is 0 Å². The highest BCUT2D eigenvalue weighted by Crippen LogP contribution is 2.30. The second kappa shape index (κ2) is 4.25. The number of carbonyl (C=O) groups is 1. The van der Waals surface area contributed by atoms with Gasteiger partial charge in [-0.1, -0.05) is 0 Å². The summed E-state index contributed by atoms with van der Waals surface area (Å²) in [5.41, 5.74) is 0.577. The van der Waals surface area contributed by atoms with E-state index in [0.29, 0.717) is 12.0 Å². The highest BCUT2D eigenvalue weighted by molar-refractivity contribution is 7.12. The van der Waals surface area contributed by atoms with Crippen LogP contribution in [0.5, 0.6) is 5.75 Å². The molecule has 0 radical (unpaired) electrons. The van der Waals surface area contributed by atoms with Gasteiger partial charge >= 0.3 is 5.97 Å². The number of esters is 1. The maximum absolute atomic E-state index is 11.0. The number of aliphatic hydroxyl groups excluding tert-OH is 1. The van der Waals surface area contributed by atoms with Crippen LogP contribution in [0, 0.1) is 0 Å². The van der Waals surface area contributed by atoms with Crippen LogP contribution in [0.15, 0.2) is 5.38 Å². The quantitative estimate of drug-likeness (QED) is 0.711. The molecule has 72 valence electrons. The normalized spacial score (nSPS) is 10.0. The SMILES string of the molecule is COC(=O)c1scc(CCO)c1O. The summed E-state index contributed by atoms with van der Waals surface area (Å²) in [7, 11) is 1.26. The smallest absolute Gasteiger partial charge is 0.351 e. The Morgan fingerprint density at radius 1 is 1.69 bits per heavy atom. The monoisotopic (exact) mass is 202 g/mol. The molecule has 0 spiro atoms. The molecule has 2 N–H and O–H groups in total. The molecule has 1 aromatic rings. The van der Waals surface area contributed by atoms with E-state index in [1.165, 1.54) is 7.11 Å². The van der Waals surface area contributed by atoms with E-state index < -0.39 is 5.97 Å². The molecule has 0 aromatic carbocycles. The van der Waals surface area contributed by atoms with Gasteiger partial charge in [0.1, 0.15) is 5.75 Å². The summed E-state index contributed by atoms with van der Waals surface area (Å²) in [5.74, 6) is -0.627. The first-order valence-electron chi connectivity index (χ1n) is 3.69. The maximum Gasteiger partial charge on any atom is 0.351 e. The molecule has 0 saturated heterocycles. The molecule has 1 aromatic heterocycles. The molecule has 0 amide bonds. The summed E-state index contributed by atoms with van der Waals surface area (Å²) in [6, 6.07) is 0. The van der Waals surface area contributed by atoms with E-state index in [0.717, 1.165) is 11.3 Å². The molecule has 13 heavy (non-hydrogen) atoms. The first-order chi connectivity index (χ1) is 6.20. The molecule has 0 aliphatic carbocycles. The van der Waals surface area contributed by atoms with Crippen molar-refractivity contribution in [2.24, 2.45) is 0 Å². The zero-order valence-electron chi connectivity index (χ0n) is 7.11. The number of methoxy groups -OCH3 is 1. The standard InChI is InChI=1S/C8H10O4S/c1-12-8(11)7-6(10)5(2-3-9)4-13-7/h4,9-10H,2-3H2,1H3. The molecule has 0 unspecified atom stereocenters. The van der Waals surface area contributed by atoms with Gasteiger partial charge < -0.3 is 14.9 Å². The molecule has 0 bridgehead atoms. The van der Waals surface area contributed by atoms with Crippen LogP contribution in [0.1, 0.15) is 15.2 Å². The topological polar surface area (TPSA) is 66.8 Å². The van der Waals surface area contributed by atoms with Crippen molar-refractivity contribution in [2.75, 3.05) is 13.7 Å². The average molecular weight is 202 g/mol. The van der Waals surface area contributed by atoms with E-state index in [1.807, 2.05) is 0 Å². The predicted octanol–water partition coefficient (Wildman–Crippen LogP) is 0.775. The third kappa shape index (κ3) is 1.99. The van der Waals surface area contributed by atoms with Crippen molar-refractivity contribution in [1.29, 1.82) is 0 Å². The van der Waals surface area contributed by atoms with Crippen molar-refractivity contribution in [3.8, 4) is 5.75 Å². The number of aromatic hydroxyl groups is 1. The van der Waals surface area contributed by atoms with Gasteiger partial charge in [-0.3, -0.25) is 0 Å². The number of hydrogen-bond acceptors (Lipinski definition) is 5. The minimum absolute atomic E-state index is 0.0507. The van der Waals surface area contributed by atoms with E-state index in [2.05, 4.69) is 4.74 Å². The molecule has 0 fully saturated rings. The third-order valence-electron chi connectivity index (χ3n) is 1.59.